The highest BCUT2D eigenvalue weighted by atomic mass is 19.4. The molecule has 0 aliphatic rings. The lowest BCUT2D eigenvalue weighted by Crippen LogP contribution is -2.03. The Hall–Kier alpha value is -1.85. The van der Waals surface area contributed by atoms with Gasteiger partial charge in [-0.2, -0.15) is 18.3 Å². The predicted octanol–water partition coefficient (Wildman–Crippen LogP) is 2.59. The number of nitrogens with zero attached hydrogens (tertiary/aromatic N) is 3. The zero-order chi connectivity index (χ0) is 11.8. The molecule has 84 valence electrons. The molecular weight excluding hydrogens is 219 g/mol. The smallest absolute Gasteiger partial charge is 0.237 e. The van der Waals surface area contributed by atoms with E-state index in [0.29, 0.717) is 5.82 Å². The molecule has 0 radical (unpaired) electrons. The second-order valence-corrected chi connectivity index (χ2v) is 3.37. The number of hydrogen-bond donors (Lipinski definition) is 0. The molecule has 0 saturated carbocycles. The van der Waals surface area contributed by atoms with Crippen LogP contribution in [0.4, 0.5) is 13.2 Å². The zero-order valence-corrected chi connectivity index (χ0v) is 8.36. The maximum atomic E-state index is 12.3. The van der Waals surface area contributed by atoms with Crippen molar-refractivity contribution in [3.05, 3.63) is 41.9 Å². The average Bonchev–Trinajstić information content (AvgIpc) is 2.67. The Morgan fingerprint density at radius 1 is 1.19 bits per heavy atom. The quantitative estimate of drug-likeness (QED) is 0.749. The van der Waals surface area contributed by atoms with Crippen LogP contribution in [0.2, 0.25) is 0 Å². The lowest BCUT2D eigenvalue weighted by molar-refractivity contribution is -0.137. The highest BCUT2D eigenvalue weighted by molar-refractivity contribution is 5.25. The summed E-state index contributed by atoms with van der Waals surface area (Å²) in [4.78, 5) is 3.98. The number of pyridine rings is 1. The van der Waals surface area contributed by atoms with E-state index in [1.54, 1.807) is 18.3 Å². The van der Waals surface area contributed by atoms with Crippen molar-refractivity contribution < 1.29 is 13.2 Å². The lowest BCUT2D eigenvalue weighted by atomic mass is 10.3. The topological polar surface area (TPSA) is 30.7 Å². The summed E-state index contributed by atoms with van der Waals surface area (Å²) >= 11 is 0. The molecule has 2 aromatic rings. The molecule has 0 saturated heterocycles. The van der Waals surface area contributed by atoms with Gasteiger partial charge in [0.15, 0.2) is 5.82 Å². The second-order valence-electron chi connectivity index (χ2n) is 3.37. The van der Waals surface area contributed by atoms with Gasteiger partial charge in [0, 0.05) is 12.4 Å². The molecule has 2 heterocycles. The normalized spacial score (nSPS) is 11.8. The summed E-state index contributed by atoms with van der Waals surface area (Å²) < 4.78 is 38.0. The summed E-state index contributed by atoms with van der Waals surface area (Å²) in [6.07, 6.45) is -1.10. The fourth-order valence-electron chi connectivity index (χ4n) is 1.19. The first kappa shape index (κ1) is 10.7. The van der Waals surface area contributed by atoms with Gasteiger partial charge in [-0.1, -0.05) is 6.07 Å². The third-order valence-electron chi connectivity index (χ3n) is 2.04. The molecule has 0 fully saturated rings. The standard InChI is InChI=1S/C10H8F3N3/c1-7-2-3-9(14-4-7)16-6-8(5-15-16)10(11,12)13/h2-6H,1H3. The van der Waals surface area contributed by atoms with Crippen LogP contribution in [-0.2, 0) is 6.18 Å². The minimum absolute atomic E-state index is 0.362. The van der Waals surface area contributed by atoms with Crippen molar-refractivity contribution in [2.24, 2.45) is 0 Å². The van der Waals surface area contributed by atoms with E-state index in [-0.39, 0.29) is 0 Å². The van der Waals surface area contributed by atoms with Gasteiger partial charge in [-0.15, -0.1) is 0 Å². The summed E-state index contributed by atoms with van der Waals surface area (Å²) in [5, 5.41) is 3.62. The van der Waals surface area contributed by atoms with Crippen molar-refractivity contribution >= 4 is 0 Å². The summed E-state index contributed by atoms with van der Waals surface area (Å²) in [5.74, 6) is 0.362. The fourth-order valence-corrected chi connectivity index (χ4v) is 1.19. The number of aromatic nitrogens is 3. The Morgan fingerprint density at radius 3 is 2.44 bits per heavy atom. The summed E-state index contributed by atoms with van der Waals surface area (Å²) in [6, 6.07) is 3.37. The van der Waals surface area contributed by atoms with Gasteiger partial charge in [0.1, 0.15) is 0 Å². The Labute approximate surface area is 89.5 Å². The van der Waals surface area contributed by atoms with Gasteiger partial charge >= 0.3 is 6.18 Å². The van der Waals surface area contributed by atoms with Gasteiger partial charge < -0.3 is 0 Å². The van der Waals surface area contributed by atoms with Crippen LogP contribution in [0.15, 0.2) is 30.7 Å². The van der Waals surface area contributed by atoms with E-state index in [0.717, 1.165) is 22.6 Å². The zero-order valence-electron chi connectivity index (χ0n) is 8.36. The van der Waals surface area contributed by atoms with Crippen molar-refractivity contribution in [2.45, 2.75) is 13.1 Å². The number of aryl methyl sites for hydroxylation is 1. The van der Waals surface area contributed by atoms with Crippen LogP contribution in [0.5, 0.6) is 0 Å². The van der Waals surface area contributed by atoms with Crippen molar-refractivity contribution in [3.63, 3.8) is 0 Å². The van der Waals surface area contributed by atoms with Crippen molar-refractivity contribution in [2.75, 3.05) is 0 Å². The van der Waals surface area contributed by atoms with E-state index < -0.39 is 11.7 Å². The van der Waals surface area contributed by atoms with Crippen LogP contribution >= 0.6 is 0 Å². The third-order valence-corrected chi connectivity index (χ3v) is 2.04. The monoisotopic (exact) mass is 227 g/mol. The van der Waals surface area contributed by atoms with Crippen molar-refractivity contribution in [1.29, 1.82) is 0 Å². The molecular formula is C10H8F3N3. The summed E-state index contributed by atoms with van der Waals surface area (Å²) in [6.45, 7) is 1.85. The molecule has 16 heavy (non-hydrogen) atoms. The summed E-state index contributed by atoms with van der Waals surface area (Å²) in [5.41, 5.74) is 0.154. The first-order valence-corrected chi connectivity index (χ1v) is 4.52. The second kappa shape index (κ2) is 3.62. The van der Waals surface area contributed by atoms with Gasteiger partial charge in [0.05, 0.1) is 11.8 Å². The molecule has 0 amide bonds. The molecule has 2 aromatic heterocycles. The van der Waals surface area contributed by atoms with E-state index in [1.807, 2.05) is 6.92 Å². The maximum absolute atomic E-state index is 12.3. The van der Waals surface area contributed by atoms with Crippen LogP contribution in [0, 0.1) is 6.92 Å². The van der Waals surface area contributed by atoms with E-state index in [2.05, 4.69) is 10.1 Å². The molecule has 0 spiro atoms. The van der Waals surface area contributed by atoms with Crippen LogP contribution in [0.25, 0.3) is 5.82 Å². The maximum Gasteiger partial charge on any atom is 0.419 e. The summed E-state index contributed by atoms with van der Waals surface area (Å²) in [7, 11) is 0. The number of halogens is 3. The minimum atomic E-state index is -4.37. The van der Waals surface area contributed by atoms with Gasteiger partial charge in [-0.25, -0.2) is 9.67 Å². The van der Waals surface area contributed by atoms with E-state index in [9.17, 15) is 13.2 Å². The molecule has 0 aromatic carbocycles. The molecule has 2 rings (SSSR count). The molecule has 0 aliphatic heterocycles. The van der Waals surface area contributed by atoms with Crippen LogP contribution in [0.3, 0.4) is 0 Å². The Morgan fingerprint density at radius 2 is 1.94 bits per heavy atom. The lowest BCUT2D eigenvalue weighted by Gasteiger charge is -2.01. The molecule has 0 bridgehead atoms. The molecule has 0 aliphatic carbocycles. The fraction of sp³-hybridized carbons (Fsp3) is 0.200. The van der Waals surface area contributed by atoms with Crippen LogP contribution in [0.1, 0.15) is 11.1 Å². The van der Waals surface area contributed by atoms with Crippen molar-refractivity contribution in [1.82, 2.24) is 14.8 Å². The largest absolute Gasteiger partial charge is 0.419 e. The molecule has 0 N–H and O–H groups in total. The first-order valence-electron chi connectivity index (χ1n) is 4.52. The van der Waals surface area contributed by atoms with E-state index in [1.165, 1.54) is 0 Å². The Balaban J connectivity index is 2.35. The number of rotatable bonds is 1. The van der Waals surface area contributed by atoms with Crippen LogP contribution in [-0.4, -0.2) is 14.8 Å². The third kappa shape index (κ3) is 2.05. The average molecular weight is 227 g/mol. The molecule has 0 atom stereocenters. The van der Waals surface area contributed by atoms with Gasteiger partial charge in [0.25, 0.3) is 0 Å². The van der Waals surface area contributed by atoms with Gasteiger partial charge in [0.2, 0.25) is 0 Å². The van der Waals surface area contributed by atoms with Crippen molar-refractivity contribution in [3.8, 4) is 5.82 Å². The molecule has 6 heteroatoms. The number of alkyl halides is 3. The SMILES string of the molecule is Cc1ccc(-n2cc(C(F)(F)F)cn2)nc1. The Kier molecular flexibility index (Phi) is 2.41. The number of hydrogen-bond acceptors (Lipinski definition) is 2. The minimum Gasteiger partial charge on any atom is -0.237 e. The highest BCUT2D eigenvalue weighted by Crippen LogP contribution is 2.28. The van der Waals surface area contributed by atoms with Gasteiger partial charge in [-0.3, -0.25) is 0 Å². The highest BCUT2D eigenvalue weighted by Gasteiger charge is 2.32. The van der Waals surface area contributed by atoms with Gasteiger partial charge in [-0.05, 0) is 18.6 Å². The van der Waals surface area contributed by atoms with E-state index >= 15 is 0 Å². The molecule has 3 nitrogen and oxygen atoms in total. The molecule has 0 unspecified atom stereocenters. The first-order chi connectivity index (χ1) is 7.47. The Bertz CT molecular complexity index is 485. The van der Waals surface area contributed by atoms with E-state index in [4.69, 9.17) is 0 Å². The predicted molar refractivity (Wildman–Crippen MR) is 51.1 cm³/mol. The van der Waals surface area contributed by atoms with Crippen LogP contribution < -0.4 is 0 Å².